The molecule has 0 aliphatic carbocycles. The molecule has 1 heterocycles. The van der Waals surface area contributed by atoms with Crippen LogP contribution in [0.1, 0.15) is 24.0 Å². The lowest BCUT2D eigenvalue weighted by Crippen LogP contribution is -2.35. The minimum atomic E-state index is -0.448. The van der Waals surface area contributed by atoms with Crippen molar-refractivity contribution in [2.45, 2.75) is 24.7 Å². The van der Waals surface area contributed by atoms with Gasteiger partial charge in [0, 0.05) is 31.0 Å². The third-order valence-corrected chi connectivity index (χ3v) is 5.86. The molecule has 2 amide bonds. The van der Waals surface area contributed by atoms with Gasteiger partial charge in [0.1, 0.15) is 5.75 Å². The van der Waals surface area contributed by atoms with E-state index < -0.39 is 4.92 Å². The summed E-state index contributed by atoms with van der Waals surface area (Å²) in [6.07, 6.45) is 3.60. The Hall–Kier alpha value is -3.44. The second-order valence-electron chi connectivity index (χ2n) is 7.51. The minimum Gasteiger partial charge on any atom is -0.484 e. The third-order valence-electron chi connectivity index (χ3n) is 4.85. The van der Waals surface area contributed by atoms with Crippen LogP contribution in [0.2, 0.25) is 0 Å². The Kier molecular flexibility index (Phi) is 9.86. The maximum Gasteiger partial charge on any atom is 0.269 e. The van der Waals surface area contributed by atoms with Gasteiger partial charge in [0.15, 0.2) is 6.61 Å². The molecule has 3 rings (SSSR count). The van der Waals surface area contributed by atoms with E-state index in [0.29, 0.717) is 18.0 Å². The van der Waals surface area contributed by atoms with Crippen LogP contribution in [0.15, 0.2) is 53.6 Å². The van der Waals surface area contributed by atoms with Crippen LogP contribution in [-0.2, 0) is 20.1 Å². The van der Waals surface area contributed by atoms with E-state index in [2.05, 4.69) is 15.8 Å². The van der Waals surface area contributed by atoms with Gasteiger partial charge in [-0.25, -0.2) is 5.43 Å². The molecule has 2 aromatic carbocycles. The molecule has 1 atom stereocenters. The second-order valence-corrected chi connectivity index (χ2v) is 8.49. The SMILES string of the molecule is O=C(COc1ccc(/C=N\NC(=O)CSCc2ccc([N+](=O)[O-])cc2)cc1)NC[C@@H]1CCCO1. The normalized spacial score (nSPS) is 15.2. The van der Waals surface area contributed by atoms with Crippen molar-refractivity contribution in [1.29, 1.82) is 0 Å². The van der Waals surface area contributed by atoms with Gasteiger partial charge in [0.25, 0.3) is 11.6 Å². The van der Waals surface area contributed by atoms with Crippen LogP contribution >= 0.6 is 11.8 Å². The molecule has 0 spiro atoms. The topological polar surface area (TPSA) is 132 Å². The first-order valence-corrected chi connectivity index (χ1v) is 11.9. The van der Waals surface area contributed by atoms with Crippen molar-refractivity contribution >= 4 is 35.5 Å². The fourth-order valence-electron chi connectivity index (χ4n) is 3.07. The Bertz CT molecular complexity index is 992. The summed E-state index contributed by atoms with van der Waals surface area (Å²) in [5.74, 6) is 0.863. The number of ether oxygens (including phenoxy) is 2. The predicted molar refractivity (Wildman–Crippen MR) is 129 cm³/mol. The summed E-state index contributed by atoms with van der Waals surface area (Å²) >= 11 is 1.38. The molecule has 34 heavy (non-hydrogen) atoms. The molecule has 0 aromatic heterocycles. The van der Waals surface area contributed by atoms with Gasteiger partial charge in [-0.2, -0.15) is 5.10 Å². The van der Waals surface area contributed by atoms with Crippen LogP contribution in [0.3, 0.4) is 0 Å². The minimum absolute atomic E-state index is 0.0380. The summed E-state index contributed by atoms with van der Waals surface area (Å²) in [7, 11) is 0. The number of hydrogen-bond donors (Lipinski definition) is 2. The number of carbonyl (C=O) groups excluding carboxylic acids is 2. The molecule has 2 N–H and O–H groups in total. The summed E-state index contributed by atoms with van der Waals surface area (Å²) in [6, 6.07) is 13.2. The van der Waals surface area contributed by atoms with Gasteiger partial charge in [0.2, 0.25) is 5.91 Å². The highest BCUT2D eigenvalue weighted by Gasteiger charge is 2.16. The summed E-state index contributed by atoms with van der Waals surface area (Å²) < 4.78 is 10.9. The highest BCUT2D eigenvalue weighted by molar-refractivity contribution is 7.99. The van der Waals surface area contributed by atoms with E-state index >= 15 is 0 Å². The van der Waals surface area contributed by atoms with Gasteiger partial charge in [-0.3, -0.25) is 19.7 Å². The zero-order valence-electron chi connectivity index (χ0n) is 18.5. The number of nitro benzene ring substituents is 1. The Morgan fingerprint density at radius 3 is 2.62 bits per heavy atom. The van der Waals surface area contributed by atoms with E-state index in [1.807, 2.05) is 0 Å². The van der Waals surface area contributed by atoms with Gasteiger partial charge in [-0.15, -0.1) is 11.8 Å². The zero-order valence-corrected chi connectivity index (χ0v) is 19.3. The summed E-state index contributed by atoms with van der Waals surface area (Å²) in [5.41, 5.74) is 4.15. The van der Waals surface area contributed by atoms with Crippen LogP contribution < -0.4 is 15.5 Å². The number of rotatable bonds is 12. The Morgan fingerprint density at radius 2 is 1.94 bits per heavy atom. The lowest BCUT2D eigenvalue weighted by atomic mass is 10.2. The standard InChI is InChI=1S/C23H26N4O6S/c28-22(24-13-21-2-1-11-32-21)14-33-20-9-5-17(6-10-20)12-25-26-23(29)16-34-15-18-3-7-19(8-4-18)27(30)31/h3-10,12,21H,1-2,11,13-16H2,(H,24,28)(H,26,29)/b25-12-/t21-/m0/s1. The number of nitrogens with one attached hydrogen (secondary N) is 2. The number of hydrogen-bond acceptors (Lipinski definition) is 8. The molecule has 1 aliphatic rings. The van der Waals surface area contributed by atoms with Crippen molar-refractivity contribution in [2.75, 3.05) is 25.5 Å². The Balaban J connectivity index is 1.30. The summed E-state index contributed by atoms with van der Waals surface area (Å²) in [6.45, 7) is 1.17. The van der Waals surface area contributed by atoms with Gasteiger partial charge in [-0.1, -0.05) is 12.1 Å². The first-order valence-electron chi connectivity index (χ1n) is 10.7. The molecule has 180 valence electrons. The Morgan fingerprint density at radius 1 is 1.18 bits per heavy atom. The number of benzene rings is 2. The first-order chi connectivity index (χ1) is 16.5. The Labute approximate surface area is 201 Å². The van der Waals surface area contributed by atoms with E-state index in [9.17, 15) is 19.7 Å². The number of thioether (sulfide) groups is 1. The largest absolute Gasteiger partial charge is 0.484 e. The van der Waals surface area contributed by atoms with Crippen molar-refractivity contribution in [3.8, 4) is 5.75 Å². The molecule has 11 heteroatoms. The van der Waals surface area contributed by atoms with Gasteiger partial charge >= 0.3 is 0 Å². The number of hydrazone groups is 1. The lowest BCUT2D eigenvalue weighted by Gasteiger charge is -2.11. The summed E-state index contributed by atoms with van der Waals surface area (Å²) in [5, 5.41) is 17.4. The molecule has 0 radical (unpaired) electrons. The molecule has 0 unspecified atom stereocenters. The molecule has 1 saturated heterocycles. The average Bonchev–Trinajstić information content (AvgIpc) is 3.36. The molecule has 1 fully saturated rings. The number of nitrogens with zero attached hydrogens (tertiary/aromatic N) is 2. The van der Waals surface area contributed by atoms with Crippen molar-refractivity contribution in [3.05, 3.63) is 69.8 Å². The average molecular weight is 487 g/mol. The van der Waals surface area contributed by atoms with Crippen LogP contribution in [-0.4, -0.2) is 54.6 Å². The lowest BCUT2D eigenvalue weighted by molar-refractivity contribution is -0.384. The van der Waals surface area contributed by atoms with Crippen molar-refractivity contribution in [1.82, 2.24) is 10.7 Å². The fraction of sp³-hybridized carbons (Fsp3) is 0.348. The smallest absolute Gasteiger partial charge is 0.269 e. The second kappa shape index (κ2) is 13.3. The molecular weight excluding hydrogens is 460 g/mol. The van der Waals surface area contributed by atoms with Crippen LogP contribution in [0, 0.1) is 10.1 Å². The number of carbonyl (C=O) groups is 2. The van der Waals surface area contributed by atoms with E-state index in [0.717, 1.165) is 30.6 Å². The number of nitro groups is 1. The fourth-order valence-corrected chi connectivity index (χ4v) is 3.85. The first kappa shape index (κ1) is 25.2. The van der Waals surface area contributed by atoms with Gasteiger partial charge in [-0.05, 0) is 48.2 Å². The van der Waals surface area contributed by atoms with Crippen molar-refractivity contribution in [2.24, 2.45) is 5.10 Å². The zero-order chi connectivity index (χ0) is 24.2. The van der Waals surface area contributed by atoms with Crippen LogP contribution in [0.4, 0.5) is 5.69 Å². The van der Waals surface area contributed by atoms with Crippen LogP contribution in [0.25, 0.3) is 0 Å². The quantitative estimate of drug-likeness (QED) is 0.268. The molecule has 10 nitrogen and oxygen atoms in total. The van der Waals surface area contributed by atoms with Crippen LogP contribution in [0.5, 0.6) is 5.75 Å². The highest BCUT2D eigenvalue weighted by Crippen LogP contribution is 2.16. The molecule has 1 aliphatic heterocycles. The molecule has 0 bridgehead atoms. The summed E-state index contributed by atoms with van der Waals surface area (Å²) in [4.78, 5) is 34.0. The third kappa shape index (κ3) is 8.83. The van der Waals surface area contributed by atoms with Gasteiger partial charge < -0.3 is 14.8 Å². The maximum absolute atomic E-state index is 11.9. The highest BCUT2D eigenvalue weighted by atomic mass is 32.2. The van der Waals surface area contributed by atoms with Crippen molar-refractivity contribution < 1.29 is 24.0 Å². The molecule has 0 saturated carbocycles. The predicted octanol–water partition coefficient (Wildman–Crippen LogP) is 2.65. The molecule has 2 aromatic rings. The maximum atomic E-state index is 11.9. The van der Waals surface area contributed by atoms with E-state index in [1.165, 1.54) is 30.1 Å². The number of amides is 2. The van der Waals surface area contributed by atoms with E-state index in [4.69, 9.17) is 9.47 Å². The monoisotopic (exact) mass is 486 g/mol. The van der Waals surface area contributed by atoms with Crippen molar-refractivity contribution in [3.63, 3.8) is 0 Å². The molecular formula is C23H26N4O6S. The van der Waals surface area contributed by atoms with E-state index in [-0.39, 0.29) is 36.0 Å². The van der Waals surface area contributed by atoms with Gasteiger partial charge in [0.05, 0.1) is 23.0 Å². The van der Waals surface area contributed by atoms with E-state index in [1.54, 1.807) is 36.4 Å². The number of non-ortho nitro benzene ring substituents is 1.